The third kappa shape index (κ3) is 3.29. The first kappa shape index (κ1) is 18.6. The summed E-state index contributed by atoms with van der Waals surface area (Å²) < 4.78 is 15.7. The number of methoxy groups -OCH3 is 3. The highest BCUT2D eigenvalue weighted by atomic mass is 35.5. The van der Waals surface area contributed by atoms with Crippen molar-refractivity contribution in [1.29, 1.82) is 0 Å². The fourth-order valence-electron chi connectivity index (χ4n) is 2.69. The fraction of sp³-hybridized carbons (Fsp3) is 0.158. The van der Waals surface area contributed by atoms with E-state index in [0.29, 0.717) is 28.6 Å². The second-order valence-corrected chi connectivity index (χ2v) is 5.88. The summed E-state index contributed by atoms with van der Waals surface area (Å²) in [4.78, 5) is 26.5. The minimum absolute atomic E-state index is 0.0564. The van der Waals surface area contributed by atoms with Crippen molar-refractivity contribution in [1.82, 2.24) is 0 Å². The van der Waals surface area contributed by atoms with Crippen LogP contribution in [-0.2, 0) is 9.59 Å². The minimum atomic E-state index is -0.643. The molecule has 0 radical (unpaired) electrons. The van der Waals surface area contributed by atoms with Gasteiger partial charge in [-0.2, -0.15) is 0 Å². The standard InChI is InChI=1S/C19H17ClN2O5/c1-25-11-8-9-14(26-2)12(10-11)21-17-16(20)18(23)22(19(17)24)13-6-4-5-7-15(13)27-3/h4-10,21H,1-3H3. The lowest BCUT2D eigenvalue weighted by Crippen LogP contribution is -2.32. The van der Waals surface area contributed by atoms with Gasteiger partial charge in [0.2, 0.25) is 0 Å². The van der Waals surface area contributed by atoms with Crippen LogP contribution < -0.4 is 24.4 Å². The largest absolute Gasteiger partial charge is 0.497 e. The summed E-state index contributed by atoms with van der Waals surface area (Å²) in [6.45, 7) is 0. The Labute approximate surface area is 161 Å². The molecule has 1 heterocycles. The number of ether oxygens (including phenoxy) is 3. The van der Waals surface area contributed by atoms with Gasteiger partial charge in [-0.15, -0.1) is 0 Å². The van der Waals surface area contributed by atoms with Crippen molar-refractivity contribution < 1.29 is 23.8 Å². The monoisotopic (exact) mass is 388 g/mol. The number of amides is 2. The highest BCUT2D eigenvalue weighted by molar-refractivity contribution is 6.53. The van der Waals surface area contributed by atoms with Gasteiger partial charge in [-0.1, -0.05) is 23.7 Å². The topological polar surface area (TPSA) is 77.1 Å². The first-order valence-electron chi connectivity index (χ1n) is 7.92. The van der Waals surface area contributed by atoms with Crippen LogP contribution in [0.5, 0.6) is 17.2 Å². The lowest BCUT2D eigenvalue weighted by molar-refractivity contribution is -0.120. The number of nitrogens with zero attached hydrogens (tertiary/aromatic N) is 1. The smallest absolute Gasteiger partial charge is 0.283 e. The second kappa shape index (κ2) is 7.59. The molecule has 0 aliphatic carbocycles. The normalized spacial score (nSPS) is 13.9. The molecule has 8 heteroatoms. The Balaban J connectivity index is 1.98. The Bertz CT molecular complexity index is 941. The van der Waals surface area contributed by atoms with Gasteiger partial charge in [0.05, 0.1) is 32.7 Å². The van der Waals surface area contributed by atoms with Crippen molar-refractivity contribution in [2.24, 2.45) is 0 Å². The summed E-state index contributed by atoms with van der Waals surface area (Å²) in [7, 11) is 4.47. The number of hydrogen-bond donors (Lipinski definition) is 1. The molecular formula is C19H17ClN2O5. The summed E-state index contributed by atoms with van der Waals surface area (Å²) >= 11 is 6.18. The molecule has 2 amide bonds. The lowest BCUT2D eigenvalue weighted by Gasteiger charge is -2.18. The van der Waals surface area contributed by atoms with Gasteiger partial charge in [0.1, 0.15) is 28.0 Å². The van der Waals surface area contributed by atoms with Gasteiger partial charge in [-0.3, -0.25) is 9.59 Å². The van der Waals surface area contributed by atoms with E-state index in [4.69, 9.17) is 25.8 Å². The highest BCUT2D eigenvalue weighted by Crippen LogP contribution is 2.37. The summed E-state index contributed by atoms with van der Waals surface area (Å²) in [5.74, 6) is 0.149. The number of carbonyl (C=O) groups excluding carboxylic acids is 2. The third-order valence-corrected chi connectivity index (χ3v) is 4.37. The van der Waals surface area contributed by atoms with Gasteiger partial charge in [-0.25, -0.2) is 4.90 Å². The van der Waals surface area contributed by atoms with Crippen LogP contribution in [0.25, 0.3) is 0 Å². The summed E-state index contributed by atoms with van der Waals surface area (Å²) in [5.41, 5.74) is 0.690. The number of rotatable bonds is 6. The molecule has 27 heavy (non-hydrogen) atoms. The Morgan fingerprint density at radius 1 is 0.889 bits per heavy atom. The van der Waals surface area contributed by atoms with E-state index in [9.17, 15) is 9.59 Å². The Hall–Kier alpha value is -3.19. The van der Waals surface area contributed by atoms with Gasteiger partial charge in [-0.05, 0) is 24.3 Å². The molecule has 0 saturated heterocycles. The average Bonchev–Trinajstić information content (AvgIpc) is 2.91. The number of nitrogens with one attached hydrogen (secondary N) is 1. The maximum atomic E-state index is 12.9. The van der Waals surface area contributed by atoms with Gasteiger partial charge < -0.3 is 19.5 Å². The molecule has 0 spiro atoms. The van der Waals surface area contributed by atoms with Gasteiger partial charge in [0.25, 0.3) is 11.8 Å². The number of anilines is 2. The van der Waals surface area contributed by atoms with Crippen molar-refractivity contribution in [2.45, 2.75) is 0 Å². The van der Waals surface area contributed by atoms with E-state index in [-0.39, 0.29) is 10.7 Å². The molecule has 3 rings (SSSR count). The number of para-hydroxylation sites is 2. The average molecular weight is 389 g/mol. The quantitative estimate of drug-likeness (QED) is 0.766. The molecule has 2 aromatic carbocycles. The van der Waals surface area contributed by atoms with E-state index in [2.05, 4.69) is 5.32 Å². The maximum absolute atomic E-state index is 12.9. The highest BCUT2D eigenvalue weighted by Gasteiger charge is 2.40. The predicted molar refractivity (Wildman–Crippen MR) is 102 cm³/mol. The van der Waals surface area contributed by atoms with Crippen LogP contribution in [0, 0.1) is 0 Å². The van der Waals surface area contributed by atoms with E-state index >= 15 is 0 Å². The molecule has 0 unspecified atom stereocenters. The summed E-state index contributed by atoms with van der Waals surface area (Å²) in [5, 5.41) is 2.67. The first-order chi connectivity index (χ1) is 13.0. The van der Waals surface area contributed by atoms with E-state index in [1.54, 1.807) is 42.5 Å². The first-order valence-corrected chi connectivity index (χ1v) is 8.30. The Morgan fingerprint density at radius 2 is 1.59 bits per heavy atom. The third-order valence-electron chi connectivity index (χ3n) is 4.02. The Morgan fingerprint density at radius 3 is 2.26 bits per heavy atom. The molecular weight excluding hydrogens is 372 g/mol. The molecule has 7 nitrogen and oxygen atoms in total. The van der Waals surface area contributed by atoms with Crippen LogP contribution in [0.1, 0.15) is 0 Å². The van der Waals surface area contributed by atoms with Gasteiger partial charge in [0.15, 0.2) is 0 Å². The van der Waals surface area contributed by atoms with Crippen LogP contribution in [0.15, 0.2) is 53.2 Å². The van der Waals surface area contributed by atoms with Crippen molar-refractivity contribution >= 4 is 34.8 Å². The van der Waals surface area contributed by atoms with E-state index < -0.39 is 11.8 Å². The van der Waals surface area contributed by atoms with Crippen LogP contribution in [0.3, 0.4) is 0 Å². The van der Waals surface area contributed by atoms with E-state index in [1.165, 1.54) is 21.3 Å². The molecule has 0 atom stereocenters. The van der Waals surface area contributed by atoms with Crippen molar-refractivity contribution in [3.05, 3.63) is 53.2 Å². The predicted octanol–water partition coefficient (Wildman–Crippen LogP) is 3.15. The number of halogens is 1. The van der Waals surface area contributed by atoms with Crippen LogP contribution in [0.4, 0.5) is 11.4 Å². The zero-order valence-electron chi connectivity index (χ0n) is 14.9. The molecule has 0 bridgehead atoms. The zero-order chi connectivity index (χ0) is 19.6. The SMILES string of the molecule is COc1ccc(OC)c(NC2=C(Cl)C(=O)N(c3ccccc3OC)C2=O)c1. The van der Waals surface area contributed by atoms with Crippen LogP contribution >= 0.6 is 11.6 Å². The summed E-state index contributed by atoms with van der Waals surface area (Å²) in [6, 6.07) is 11.7. The fourth-order valence-corrected chi connectivity index (χ4v) is 2.90. The Kier molecular flexibility index (Phi) is 5.23. The molecule has 0 saturated carbocycles. The van der Waals surface area contributed by atoms with Crippen molar-refractivity contribution in [3.63, 3.8) is 0 Å². The number of hydrogen-bond acceptors (Lipinski definition) is 6. The van der Waals surface area contributed by atoms with Crippen molar-refractivity contribution in [3.8, 4) is 17.2 Å². The maximum Gasteiger partial charge on any atom is 0.283 e. The molecule has 1 aliphatic heterocycles. The van der Waals surface area contributed by atoms with Gasteiger partial charge >= 0.3 is 0 Å². The molecule has 2 aromatic rings. The molecule has 1 aliphatic rings. The number of benzene rings is 2. The number of carbonyl (C=O) groups is 2. The van der Waals surface area contributed by atoms with Gasteiger partial charge in [0, 0.05) is 6.07 Å². The summed E-state index contributed by atoms with van der Waals surface area (Å²) in [6.07, 6.45) is 0. The minimum Gasteiger partial charge on any atom is -0.497 e. The lowest BCUT2D eigenvalue weighted by atomic mass is 10.2. The van der Waals surface area contributed by atoms with E-state index in [0.717, 1.165) is 4.90 Å². The van der Waals surface area contributed by atoms with Crippen LogP contribution in [-0.4, -0.2) is 33.1 Å². The molecule has 140 valence electrons. The number of imide groups is 1. The van der Waals surface area contributed by atoms with E-state index in [1.807, 2.05) is 0 Å². The molecule has 0 aromatic heterocycles. The molecule has 1 N–H and O–H groups in total. The zero-order valence-corrected chi connectivity index (χ0v) is 15.7. The van der Waals surface area contributed by atoms with Crippen molar-refractivity contribution in [2.75, 3.05) is 31.5 Å². The van der Waals surface area contributed by atoms with Crippen LogP contribution in [0.2, 0.25) is 0 Å². The second-order valence-electron chi connectivity index (χ2n) is 5.50. The molecule has 0 fully saturated rings.